The van der Waals surface area contributed by atoms with E-state index in [1.54, 1.807) is 7.11 Å². The summed E-state index contributed by atoms with van der Waals surface area (Å²) < 4.78 is 10.7. The van der Waals surface area contributed by atoms with E-state index >= 15 is 0 Å². The molecule has 0 aliphatic carbocycles. The van der Waals surface area contributed by atoms with Gasteiger partial charge in [0.05, 0.1) is 19.8 Å². The van der Waals surface area contributed by atoms with E-state index in [0.717, 1.165) is 56.7 Å². The Morgan fingerprint density at radius 2 is 2.03 bits per heavy atom. The lowest BCUT2D eigenvalue weighted by molar-refractivity contribution is 0.0536. The van der Waals surface area contributed by atoms with E-state index in [4.69, 9.17) is 21.1 Å². The summed E-state index contributed by atoms with van der Waals surface area (Å²) in [6.45, 7) is 9.42. The van der Waals surface area contributed by atoms with Crippen molar-refractivity contribution in [3.63, 3.8) is 0 Å². The normalized spacial score (nSPS) is 22.6. The lowest BCUT2D eigenvalue weighted by Gasteiger charge is -2.24. The van der Waals surface area contributed by atoms with Crippen LogP contribution in [-0.4, -0.2) is 77.6 Å². The Morgan fingerprint density at radius 1 is 1.21 bits per heavy atom. The molecule has 2 saturated heterocycles. The number of methoxy groups -OCH3 is 1. The molecule has 1 N–H and O–H groups in total. The first-order chi connectivity index (χ1) is 14.1. The molecule has 1 aromatic carbocycles. The summed E-state index contributed by atoms with van der Waals surface area (Å²) in [6, 6.07) is 6.16. The Bertz CT molecular complexity index is 685. The van der Waals surface area contributed by atoms with Gasteiger partial charge in [-0.05, 0) is 43.4 Å². The molecule has 0 spiro atoms. The van der Waals surface area contributed by atoms with E-state index in [9.17, 15) is 0 Å². The molecule has 1 aromatic rings. The van der Waals surface area contributed by atoms with Crippen LogP contribution in [0, 0.1) is 18.8 Å². The van der Waals surface area contributed by atoms with E-state index in [2.05, 4.69) is 39.2 Å². The molecule has 6 nitrogen and oxygen atoms in total. The molecule has 3 rings (SSSR count). The van der Waals surface area contributed by atoms with E-state index in [0.29, 0.717) is 25.0 Å². The molecule has 2 heterocycles. The molecule has 2 aliphatic rings. The van der Waals surface area contributed by atoms with Crippen molar-refractivity contribution in [2.75, 3.05) is 71.6 Å². The average Bonchev–Trinajstić information content (AvgIpc) is 3.38. The van der Waals surface area contributed by atoms with Gasteiger partial charge in [0, 0.05) is 63.5 Å². The lowest BCUT2D eigenvalue weighted by Crippen LogP contribution is -2.42. The van der Waals surface area contributed by atoms with Crippen LogP contribution in [0.1, 0.15) is 18.4 Å². The number of aryl methyl sites for hydroxylation is 1. The molecule has 162 valence electrons. The Kier molecular flexibility index (Phi) is 8.45. The van der Waals surface area contributed by atoms with Crippen LogP contribution in [0.3, 0.4) is 0 Å². The highest BCUT2D eigenvalue weighted by Gasteiger charge is 2.27. The Labute approximate surface area is 180 Å². The van der Waals surface area contributed by atoms with Gasteiger partial charge in [-0.1, -0.05) is 17.7 Å². The average molecular weight is 423 g/mol. The van der Waals surface area contributed by atoms with Crippen molar-refractivity contribution in [3.05, 3.63) is 28.8 Å². The summed E-state index contributed by atoms with van der Waals surface area (Å²) in [4.78, 5) is 9.33. The molecular formula is C22H35ClN4O2. The fourth-order valence-corrected chi connectivity index (χ4v) is 4.43. The minimum absolute atomic E-state index is 0.568. The topological polar surface area (TPSA) is 49.3 Å². The summed E-state index contributed by atoms with van der Waals surface area (Å²) in [6.07, 6.45) is 2.34. The van der Waals surface area contributed by atoms with Gasteiger partial charge in [0.25, 0.3) is 0 Å². The van der Waals surface area contributed by atoms with Crippen LogP contribution in [0.15, 0.2) is 23.2 Å². The summed E-state index contributed by atoms with van der Waals surface area (Å²) >= 11 is 6.21. The zero-order valence-electron chi connectivity index (χ0n) is 18.0. The second-order valence-electron chi connectivity index (χ2n) is 8.13. The number of nitrogens with zero attached hydrogens (tertiary/aromatic N) is 3. The number of guanidine groups is 1. The van der Waals surface area contributed by atoms with Gasteiger partial charge in [-0.2, -0.15) is 0 Å². The molecule has 0 amide bonds. The van der Waals surface area contributed by atoms with E-state index < -0.39 is 0 Å². The van der Waals surface area contributed by atoms with Crippen molar-refractivity contribution in [1.82, 2.24) is 10.2 Å². The van der Waals surface area contributed by atoms with E-state index in [-0.39, 0.29) is 0 Å². The van der Waals surface area contributed by atoms with E-state index in [1.807, 2.05) is 13.1 Å². The number of nitrogens with one attached hydrogen (secondary N) is 1. The number of hydrogen-bond acceptors (Lipinski definition) is 4. The van der Waals surface area contributed by atoms with Crippen molar-refractivity contribution in [1.29, 1.82) is 0 Å². The van der Waals surface area contributed by atoms with Crippen LogP contribution in [0.4, 0.5) is 5.69 Å². The predicted molar refractivity (Wildman–Crippen MR) is 120 cm³/mol. The Hall–Kier alpha value is -1.50. The number of likely N-dealkylation sites (tertiary alicyclic amines) is 1. The van der Waals surface area contributed by atoms with Crippen molar-refractivity contribution >= 4 is 23.2 Å². The fourth-order valence-electron chi connectivity index (χ4n) is 4.26. The highest BCUT2D eigenvalue weighted by atomic mass is 35.5. The summed E-state index contributed by atoms with van der Waals surface area (Å²) in [5, 5.41) is 4.42. The number of aliphatic imine (C=N–C) groups is 1. The van der Waals surface area contributed by atoms with E-state index in [1.165, 1.54) is 17.7 Å². The zero-order valence-corrected chi connectivity index (χ0v) is 18.7. The third-order valence-electron chi connectivity index (χ3n) is 5.93. The molecule has 0 radical (unpaired) electrons. The number of anilines is 1. The molecule has 2 aliphatic heterocycles. The summed E-state index contributed by atoms with van der Waals surface area (Å²) in [5.74, 6) is 2.20. The van der Waals surface area contributed by atoms with Crippen LogP contribution in [0.5, 0.6) is 0 Å². The zero-order chi connectivity index (χ0) is 20.6. The number of ether oxygens (including phenoxy) is 2. The SMILES string of the molecule is CN=C(NCC1CCN(c2cc(Cl)ccc2C)C1)N1CCC(COCCOC)C1. The van der Waals surface area contributed by atoms with Gasteiger partial charge in [-0.25, -0.2) is 0 Å². The number of rotatable bonds is 8. The fraction of sp³-hybridized carbons (Fsp3) is 0.682. The molecule has 2 atom stereocenters. The number of benzene rings is 1. The summed E-state index contributed by atoms with van der Waals surface area (Å²) in [7, 11) is 3.58. The van der Waals surface area contributed by atoms with Gasteiger partial charge in [0.15, 0.2) is 5.96 Å². The molecule has 0 saturated carbocycles. The molecule has 0 bridgehead atoms. The number of halogens is 1. The summed E-state index contributed by atoms with van der Waals surface area (Å²) in [5.41, 5.74) is 2.55. The first kappa shape index (κ1) is 22.2. The maximum Gasteiger partial charge on any atom is 0.193 e. The molecule has 2 fully saturated rings. The second kappa shape index (κ2) is 11.0. The van der Waals surface area contributed by atoms with Gasteiger partial charge in [0.2, 0.25) is 0 Å². The standard InChI is InChI=1S/C22H35ClN4O2/c1-17-4-5-20(23)12-21(17)26-8-6-18(14-26)13-25-22(24-2)27-9-7-19(15-27)16-29-11-10-28-3/h4-5,12,18-19H,6-11,13-16H2,1-3H3,(H,24,25). The Morgan fingerprint density at radius 3 is 2.83 bits per heavy atom. The highest BCUT2D eigenvalue weighted by molar-refractivity contribution is 6.30. The van der Waals surface area contributed by atoms with Gasteiger partial charge in [-0.15, -0.1) is 0 Å². The third-order valence-corrected chi connectivity index (χ3v) is 6.16. The highest BCUT2D eigenvalue weighted by Crippen LogP contribution is 2.29. The van der Waals surface area contributed by atoms with Crippen molar-refractivity contribution in [2.24, 2.45) is 16.8 Å². The van der Waals surface area contributed by atoms with Crippen LogP contribution < -0.4 is 10.2 Å². The molecule has 0 aromatic heterocycles. The quantitative estimate of drug-likeness (QED) is 0.396. The maximum absolute atomic E-state index is 6.21. The van der Waals surface area contributed by atoms with Gasteiger partial charge < -0.3 is 24.6 Å². The monoisotopic (exact) mass is 422 g/mol. The lowest BCUT2D eigenvalue weighted by atomic mass is 10.1. The molecule has 2 unspecified atom stereocenters. The first-order valence-corrected chi connectivity index (χ1v) is 11.0. The predicted octanol–water partition coefficient (Wildman–Crippen LogP) is 3.04. The van der Waals surface area contributed by atoms with Gasteiger partial charge in [0.1, 0.15) is 0 Å². The molecule has 29 heavy (non-hydrogen) atoms. The third kappa shape index (κ3) is 6.24. The number of hydrogen-bond donors (Lipinski definition) is 1. The maximum atomic E-state index is 6.21. The second-order valence-corrected chi connectivity index (χ2v) is 8.56. The first-order valence-electron chi connectivity index (χ1n) is 10.6. The van der Waals surface area contributed by atoms with Crippen LogP contribution >= 0.6 is 11.6 Å². The largest absolute Gasteiger partial charge is 0.382 e. The van der Waals surface area contributed by atoms with Crippen molar-refractivity contribution in [3.8, 4) is 0 Å². The smallest absolute Gasteiger partial charge is 0.193 e. The van der Waals surface area contributed by atoms with Crippen molar-refractivity contribution in [2.45, 2.75) is 19.8 Å². The minimum Gasteiger partial charge on any atom is -0.382 e. The van der Waals surface area contributed by atoms with Crippen molar-refractivity contribution < 1.29 is 9.47 Å². The van der Waals surface area contributed by atoms with Crippen LogP contribution in [0.2, 0.25) is 5.02 Å². The Balaban J connectivity index is 1.43. The minimum atomic E-state index is 0.568. The van der Waals surface area contributed by atoms with Gasteiger partial charge >= 0.3 is 0 Å². The molecular weight excluding hydrogens is 388 g/mol. The van der Waals surface area contributed by atoms with Gasteiger partial charge in [-0.3, -0.25) is 4.99 Å². The molecule has 7 heteroatoms. The van der Waals surface area contributed by atoms with Crippen LogP contribution in [0.25, 0.3) is 0 Å². The van der Waals surface area contributed by atoms with Crippen LogP contribution in [-0.2, 0) is 9.47 Å².